The van der Waals surface area contributed by atoms with Crippen molar-refractivity contribution in [3.63, 3.8) is 0 Å². The van der Waals surface area contributed by atoms with Gasteiger partial charge in [0, 0.05) is 19.3 Å². The minimum Gasteiger partial charge on any atom is -0.494 e. The average molecular weight is 249 g/mol. The van der Waals surface area contributed by atoms with E-state index in [9.17, 15) is 4.79 Å². The maximum Gasteiger partial charge on any atom is 0.257 e. The Morgan fingerprint density at radius 2 is 2.50 bits per heavy atom. The van der Waals surface area contributed by atoms with E-state index in [0.717, 1.165) is 25.9 Å². The zero-order valence-electron chi connectivity index (χ0n) is 10.6. The molecule has 0 spiro atoms. The molecule has 0 aliphatic carbocycles. The summed E-state index contributed by atoms with van der Waals surface area (Å²) in [5.74, 6) is 0.945. The van der Waals surface area contributed by atoms with Crippen LogP contribution in [0.5, 0.6) is 5.75 Å². The lowest BCUT2D eigenvalue weighted by Crippen LogP contribution is -2.42. The van der Waals surface area contributed by atoms with Crippen LogP contribution in [0.3, 0.4) is 0 Å². The van der Waals surface area contributed by atoms with Crippen LogP contribution in [0, 0.1) is 5.92 Å². The molecule has 2 N–H and O–H groups in total. The summed E-state index contributed by atoms with van der Waals surface area (Å²) in [6.07, 6.45) is 5.30. The Balaban J connectivity index is 2.15. The number of nitrogens with zero attached hydrogens (tertiary/aromatic N) is 2. The summed E-state index contributed by atoms with van der Waals surface area (Å²) in [5, 5.41) is 0. The van der Waals surface area contributed by atoms with Crippen LogP contribution in [0.4, 0.5) is 0 Å². The Kier molecular flexibility index (Phi) is 4.15. The lowest BCUT2D eigenvalue weighted by molar-refractivity contribution is 0.0674. The first-order valence-corrected chi connectivity index (χ1v) is 6.23. The second-order valence-corrected chi connectivity index (χ2v) is 4.57. The summed E-state index contributed by atoms with van der Waals surface area (Å²) in [7, 11) is 1.55. The number of amides is 1. The van der Waals surface area contributed by atoms with Crippen LogP contribution in [-0.2, 0) is 0 Å². The van der Waals surface area contributed by atoms with Crippen LogP contribution in [-0.4, -0.2) is 42.5 Å². The quantitative estimate of drug-likeness (QED) is 0.864. The molecule has 5 heteroatoms. The Labute approximate surface area is 107 Å². The number of rotatable bonds is 3. The number of methoxy groups -OCH3 is 1. The van der Waals surface area contributed by atoms with Crippen molar-refractivity contribution < 1.29 is 9.53 Å². The third kappa shape index (κ3) is 2.61. The molecule has 1 saturated heterocycles. The monoisotopic (exact) mass is 249 g/mol. The van der Waals surface area contributed by atoms with Gasteiger partial charge in [-0.3, -0.25) is 9.78 Å². The molecule has 1 aliphatic rings. The Morgan fingerprint density at radius 1 is 1.67 bits per heavy atom. The molecule has 1 aromatic rings. The van der Waals surface area contributed by atoms with E-state index >= 15 is 0 Å². The molecule has 1 fully saturated rings. The number of ether oxygens (including phenoxy) is 1. The minimum absolute atomic E-state index is 0.00685. The number of pyridine rings is 1. The second-order valence-electron chi connectivity index (χ2n) is 4.57. The van der Waals surface area contributed by atoms with Gasteiger partial charge in [0.15, 0.2) is 0 Å². The summed E-state index contributed by atoms with van der Waals surface area (Å²) in [4.78, 5) is 18.2. The van der Waals surface area contributed by atoms with E-state index in [0.29, 0.717) is 23.8 Å². The van der Waals surface area contributed by atoms with Gasteiger partial charge >= 0.3 is 0 Å². The summed E-state index contributed by atoms with van der Waals surface area (Å²) in [6, 6.07) is 1.70. The lowest BCUT2D eigenvalue weighted by atomic mass is 9.97. The highest BCUT2D eigenvalue weighted by Crippen LogP contribution is 2.22. The third-order valence-corrected chi connectivity index (χ3v) is 3.37. The predicted octanol–water partition coefficient (Wildman–Crippen LogP) is 0.901. The number of carbonyl (C=O) groups is 1. The maximum atomic E-state index is 12.4. The smallest absolute Gasteiger partial charge is 0.257 e. The SMILES string of the molecule is COc1cnccc1C(=O)N1CCCC(CN)C1. The van der Waals surface area contributed by atoms with Crippen molar-refractivity contribution in [2.75, 3.05) is 26.7 Å². The van der Waals surface area contributed by atoms with Gasteiger partial charge in [0.25, 0.3) is 5.91 Å². The maximum absolute atomic E-state index is 12.4. The van der Waals surface area contributed by atoms with Crippen LogP contribution in [0.1, 0.15) is 23.2 Å². The lowest BCUT2D eigenvalue weighted by Gasteiger charge is -2.32. The largest absolute Gasteiger partial charge is 0.494 e. The van der Waals surface area contributed by atoms with E-state index in [1.165, 1.54) is 0 Å². The van der Waals surface area contributed by atoms with Crippen molar-refractivity contribution >= 4 is 5.91 Å². The minimum atomic E-state index is 0.00685. The topological polar surface area (TPSA) is 68.5 Å². The van der Waals surface area contributed by atoms with Crippen molar-refractivity contribution in [2.24, 2.45) is 11.7 Å². The fraction of sp³-hybridized carbons (Fsp3) is 0.538. The summed E-state index contributed by atoms with van der Waals surface area (Å²) < 4.78 is 5.18. The van der Waals surface area contributed by atoms with Gasteiger partial charge in [0.1, 0.15) is 5.75 Å². The Hall–Kier alpha value is -1.62. The number of hydrogen-bond acceptors (Lipinski definition) is 4. The van der Waals surface area contributed by atoms with Crippen LogP contribution in [0.25, 0.3) is 0 Å². The van der Waals surface area contributed by atoms with Gasteiger partial charge in [-0.05, 0) is 31.4 Å². The molecule has 0 radical (unpaired) electrons. The van der Waals surface area contributed by atoms with Crippen molar-refractivity contribution in [3.8, 4) is 5.75 Å². The van der Waals surface area contributed by atoms with E-state index in [-0.39, 0.29) is 5.91 Å². The van der Waals surface area contributed by atoms with Crippen molar-refractivity contribution in [3.05, 3.63) is 24.0 Å². The van der Waals surface area contributed by atoms with Gasteiger partial charge in [0.05, 0.1) is 18.9 Å². The number of hydrogen-bond donors (Lipinski definition) is 1. The van der Waals surface area contributed by atoms with Crippen molar-refractivity contribution in [1.82, 2.24) is 9.88 Å². The van der Waals surface area contributed by atoms with E-state index in [4.69, 9.17) is 10.5 Å². The fourth-order valence-electron chi connectivity index (χ4n) is 2.33. The highest BCUT2D eigenvalue weighted by atomic mass is 16.5. The first-order valence-electron chi connectivity index (χ1n) is 6.23. The molecule has 1 amide bonds. The van der Waals surface area contributed by atoms with E-state index in [1.807, 2.05) is 4.90 Å². The average Bonchev–Trinajstić information content (AvgIpc) is 2.46. The molecule has 2 heterocycles. The second kappa shape index (κ2) is 5.82. The molecule has 98 valence electrons. The van der Waals surface area contributed by atoms with Gasteiger partial charge in [0.2, 0.25) is 0 Å². The van der Waals surface area contributed by atoms with Crippen molar-refractivity contribution in [2.45, 2.75) is 12.8 Å². The number of piperidine rings is 1. The third-order valence-electron chi connectivity index (χ3n) is 3.37. The van der Waals surface area contributed by atoms with Crippen LogP contribution < -0.4 is 10.5 Å². The fourth-order valence-corrected chi connectivity index (χ4v) is 2.33. The van der Waals surface area contributed by atoms with Gasteiger partial charge in [-0.1, -0.05) is 0 Å². The van der Waals surface area contributed by atoms with E-state index in [1.54, 1.807) is 25.6 Å². The van der Waals surface area contributed by atoms with Gasteiger partial charge in [-0.2, -0.15) is 0 Å². The zero-order chi connectivity index (χ0) is 13.0. The predicted molar refractivity (Wildman–Crippen MR) is 68.5 cm³/mol. The molecular weight excluding hydrogens is 230 g/mol. The summed E-state index contributed by atoms with van der Waals surface area (Å²) in [5.41, 5.74) is 6.26. The van der Waals surface area contributed by atoms with Gasteiger partial charge < -0.3 is 15.4 Å². The molecule has 5 nitrogen and oxygen atoms in total. The summed E-state index contributed by atoms with van der Waals surface area (Å²) >= 11 is 0. The zero-order valence-corrected chi connectivity index (χ0v) is 10.6. The van der Waals surface area contributed by atoms with E-state index < -0.39 is 0 Å². The number of likely N-dealkylation sites (tertiary alicyclic amines) is 1. The molecule has 1 aromatic heterocycles. The molecule has 0 saturated carbocycles. The molecule has 1 aliphatic heterocycles. The highest BCUT2D eigenvalue weighted by molar-refractivity contribution is 5.96. The van der Waals surface area contributed by atoms with Crippen LogP contribution >= 0.6 is 0 Å². The molecule has 1 atom stereocenters. The molecule has 2 rings (SSSR count). The molecule has 0 aromatic carbocycles. The van der Waals surface area contributed by atoms with Gasteiger partial charge in [-0.15, -0.1) is 0 Å². The molecule has 18 heavy (non-hydrogen) atoms. The molecule has 1 unspecified atom stereocenters. The first-order chi connectivity index (χ1) is 8.76. The van der Waals surface area contributed by atoms with Crippen molar-refractivity contribution in [1.29, 1.82) is 0 Å². The normalized spacial score (nSPS) is 19.7. The number of nitrogens with two attached hydrogens (primary N) is 1. The van der Waals surface area contributed by atoms with Gasteiger partial charge in [-0.25, -0.2) is 0 Å². The van der Waals surface area contributed by atoms with E-state index in [2.05, 4.69) is 4.98 Å². The standard InChI is InChI=1S/C13H19N3O2/c1-18-12-8-15-5-4-11(12)13(17)16-6-2-3-10(7-14)9-16/h4-5,8,10H,2-3,6-7,9,14H2,1H3. The Bertz CT molecular complexity index is 422. The molecule has 0 bridgehead atoms. The van der Waals surface area contributed by atoms with Crippen LogP contribution in [0.15, 0.2) is 18.5 Å². The first kappa shape index (κ1) is 12.8. The van der Waals surface area contributed by atoms with Crippen LogP contribution in [0.2, 0.25) is 0 Å². The highest BCUT2D eigenvalue weighted by Gasteiger charge is 2.25. The summed E-state index contributed by atoms with van der Waals surface area (Å²) in [6.45, 7) is 2.17. The number of aromatic nitrogens is 1. The Morgan fingerprint density at radius 3 is 3.22 bits per heavy atom. The molecular formula is C13H19N3O2. The number of carbonyl (C=O) groups excluding carboxylic acids is 1.